The summed E-state index contributed by atoms with van der Waals surface area (Å²) in [6.45, 7) is 3.28. The van der Waals surface area contributed by atoms with E-state index in [1.54, 1.807) is 0 Å². The first-order chi connectivity index (χ1) is 8.67. The van der Waals surface area contributed by atoms with Crippen LogP contribution in [0.4, 0.5) is 0 Å². The summed E-state index contributed by atoms with van der Waals surface area (Å²) in [5, 5.41) is 12.5. The maximum Gasteiger partial charge on any atom is 0.220 e. The van der Waals surface area contributed by atoms with Gasteiger partial charge in [0.2, 0.25) is 5.91 Å². The molecule has 0 aromatic rings. The minimum absolute atomic E-state index is 0.0628. The van der Waals surface area contributed by atoms with E-state index in [9.17, 15) is 9.90 Å². The third-order valence-electron chi connectivity index (χ3n) is 3.73. The average Bonchev–Trinajstić information content (AvgIpc) is 3.17. The zero-order chi connectivity index (χ0) is 13.4. The predicted octanol–water partition coefficient (Wildman–Crippen LogP) is 1.42. The van der Waals surface area contributed by atoms with Crippen LogP contribution < -0.4 is 11.1 Å². The third-order valence-corrected chi connectivity index (χ3v) is 3.73. The second-order valence-electron chi connectivity index (χ2n) is 5.48. The second kappa shape index (κ2) is 8.48. The van der Waals surface area contributed by atoms with Crippen molar-refractivity contribution >= 4 is 5.91 Å². The van der Waals surface area contributed by atoms with Crippen LogP contribution in [0.25, 0.3) is 0 Å². The van der Waals surface area contributed by atoms with Gasteiger partial charge < -0.3 is 16.2 Å². The lowest BCUT2D eigenvalue weighted by molar-refractivity contribution is -0.121. The molecule has 18 heavy (non-hydrogen) atoms. The van der Waals surface area contributed by atoms with Gasteiger partial charge in [-0.25, -0.2) is 0 Å². The van der Waals surface area contributed by atoms with Crippen molar-refractivity contribution < 1.29 is 9.90 Å². The van der Waals surface area contributed by atoms with Crippen molar-refractivity contribution in [1.82, 2.24) is 5.32 Å². The van der Waals surface area contributed by atoms with Crippen LogP contribution in [0.2, 0.25) is 0 Å². The molecule has 4 heteroatoms. The van der Waals surface area contributed by atoms with E-state index in [-0.39, 0.29) is 12.0 Å². The van der Waals surface area contributed by atoms with Gasteiger partial charge in [0.1, 0.15) is 0 Å². The van der Waals surface area contributed by atoms with Crippen LogP contribution in [0.3, 0.4) is 0 Å². The first-order valence-electron chi connectivity index (χ1n) is 7.32. The van der Waals surface area contributed by atoms with Crippen molar-refractivity contribution in [3.05, 3.63) is 0 Å². The first kappa shape index (κ1) is 15.4. The fourth-order valence-electron chi connectivity index (χ4n) is 2.37. The van der Waals surface area contributed by atoms with E-state index in [2.05, 4.69) is 12.2 Å². The van der Waals surface area contributed by atoms with E-state index < -0.39 is 0 Å². The lowest BCUT2D eigenvalue weighted by Gasteiger charge is -2.15. The Morgan fingerprint density at radius 2 is 2.11 bits per heavy atom. The average molecular weight is 256 g/mol. The van der Waals surface area contributed by atoms with Gasteiger partial charge in [0.05, 0.1) is 6.10 Å². The molecule has 0 aliphatic heterocycles. The molecule has 0 bridgehead atoms. The lowest BCUT2D eigenvalue weighted by Crippen LogP contribution is -2.33. The largest absolute Gasteiger partial charge is 0.391 e. The number of rotatable bonds is 10. The summed E-state index contributed by atoms with van der Waals surface area (Å²) < 4.78 is 0. The molecular formula is C14H28N2O2. The number of hydrogen-bond donors (Lipinski definition) is 3. The molecule has 1 aliphatic rings. The van der Waals surface area contributed by atoms with Crippen LogP contribution in [0, 0.1) is 11.8 Å². The molecule has 1 saturated carbocycles. The van der Waals surface area contributed by atoms with Crippen molar-refractivity contribution in [1.29, 1.82) is 0 Å². The quantitative estimate of drug-likeness (QED) is 0.553. The van der Waals surface area contributed by atoms with Crippen molar-refractivity contribution in [2.24, 2.45) is 17.6 Å². The highest BCUT2D eigenvalue weighted by Crippen LogP contribution is 2.32. The van der Waals surface area contributed by atoms with E-state index in [1.807, 2.05) is 0 Å². The topological polar surface area (TPSA) is 75.4 Å². The summed E-state index contributed by atoms with van der Waals surface area (Å²) in [4.78, 5) is 11.6. The molecule has 2 unspecified atom stereocenters. The van der Waals surface area contributed by atoms with Crippen LogP contribution in [0.1, 0.15) is 51.9 Å². The zero-order valence-corrected chi connectivity index (χ0v) is 11.5. The lowest BCUT2D eigenvalue weighted by atomic mass is 9.94. The van der Waals surface area contributed by atoms with Crippen molar-refractivity contribution in [3.8, 4) is 0 Å². The van der Waals surface area contributed by atoms with Gasteiger partial charge in [-0.3, -0.25) is 4.79 Å². The van der Waals surface area contributed by atoms with Crippen molar-refractivity contribution in [2.75, 3.05) is 13.1 Å². The highest BCUT2D eigenvalue weighted by molar-refractivity contribution is 5.75. The van der Waals surface area contributed by atoms with Crippen LogP contribution in [-0.2, 0) is 4.79 Å². The van der Waals surface area contributed by atoms with Gasteiger partial charge in [0, 0.05) is 13.0 Å². The fraction of sp³-hybridized carbons (Fsp3) is 0.929. The van der Waals surface area contributed by atoms with Gasteiger partial charge >= 0.3 is 0 Å². The second-order valence-corrected chi connectivity index (χ2v) is 5.48. The summed E-state index contributed by atoms with van der Waals surface area (Å²) in [6, 6.07) is 0. The molecular weight excluding hydrogens is 228 g/mol. The maximum absolute atomic E-state index is 11.6. The standard InChI is InChI=1S/C14H28N2O2/c1-2-3-11(8-9-15)4-7-14(18)16-10-13(17)12-5-6-12/h11-13,17H,2-10,15H2,1H3,(H,16,18). The third kappa shape index (κ3) is 6.36. The molecule has 0 heterocycles. The van der Waals surface area contributed by atoms with Crippen LogP contribution in [0.5, 0.6) is 0 Å². The summed E-state index contributed by atoms with van der Waals surface area (Å²) in [5.74, 6) is 1.06. The fourth-order valence-corrected chi connectivity index (χ4v) is 2.37. The van der Waals surface area contributed by atoms with Crippen LogP contribution >= 0.6 is 0 Å². The number of carbonyl (C=O) groups is 1. The zero-order valence-electron chi connectivity index (χ0n) is 11.5. The van der Waals surface area contributed by atoms with Crippen LogP contribution in [0.15, 0.2) is 0 Å². The Morgan fingerprint density at radius 3 is 2.67 bits per heavy atom. The molecule has 1 amide bonds. The molecule has 1 fully saturated rings. The number of amides is 1. The molecule has 2 atom stereocenters. The van der Waals surface area contributed by atoms with E-state index in [1.165, 1.54) is 0 Å². The van der Waals surface area contributed by atoms with Gasteiger partial charge in [-0.1, -0.05) is 19.8 Å². The number of carbonyl (C=O) groups excluding carboxylic acids is 1. The van der Waals surface area contributed by atoms with E-state index >= 15 is 0 Å². The van der Waals surface area contributed by atoms with Crippen LogP contribution in [-0.4, -0.2) is 30.2 Å². The molecule has 0 aromatic heterocycles. The number of aliphatic hydroxyl groups is 1. The normalized spacial score (nSPS) is 18.4. The SMILES string of the molecule is CCCC(CCN)CCC(=O)NCC(O)C1CC1. The highest BCUT2D eigenvalue weighted by atomic mass is 16.3. The number of nitrogens with one attached hydrogen (secondary N) is 1. The minimum Gasteiger partial charge on any atom is -0.391 e. The Bertz CT molecular complexity index is 236. The maximum atomic E-state index is 11.6. The molecule has 1 aliphatic carbocycles. The van der Waals surface area contributed by atoms with E-state index in [4.69, 9.17) is 5.73 Å². The highest BCUT2D eigenvalue weighted by Gasteiger charge is 2.29. The Kier molecular flexibility index (Phi) is 7.28. The van der Waals surface area contributed by atoms with Gasteiger partial charge in [0.25, 0.3) is 0 Å². The van der Waals surface area contributed by atoms with Gasteiger partial charge in [-0.05, 0) is 44.1 Å². The molecule has 4 nitrogen and oxygen atoms in total. The minimum atomic E-state index is -0.343. The monoisotopic (exact) mass is 256 g/mol. The van der Waals surface area contributed by atoms with Crippen molar-refractivity contribution in [2.45, 2.75) is 58.0 Å². The first-order valence-corrected chi connectivity index (χ1v) is 7.32. The predicted molar refractivity (Wildman–Crippen MR) is 73.0 cm³/mol. The summed E-state index contributed by atoms with van der Waals surface area (Å²) in [5.41, 5.74) is 5.57. The van der Waals surface area contributed by atoms with Crippen molar-refractivity contribution in [3.63, 3.8) is 0 Å². The summed E-state index contributed by atoms with van der Waals surface area (Å²) in [7, 11) is 0. The number of aliphatic hydroxyl groups excluding tert-OH is 1. The molecule has 1 rings (SSSR count). The molecule has 4 N–H and O–H groups in total. The van der Waals surface area contributed by atoms with Gasteiger partial charge in [-0.15, -0.1) is 0 Å². The molecule has 106 valence electrons. The smallest absolute Gasteiger partial charge is 0.220 e. The Balaban J connectivity index is 2.09. The Hall–Kier alpha value is -0.610. The Morgan fingerprint density at radius 1 is 1.39 bits per heavy atom. The molecule has 0 aromatic carbocycles. The number of nitrogens with two attached hydrogens (primary N) is 1. The Labute approximate surface area is 110 Å². The summed E-state index contributed by atoms with van der Waals surface area (Å²) in [6.07, 6.45) is 6.63. The molecule has 0 radical (unpaired) electrons. The van der Waals surface area contributed by atoms with Gasteiger partial charge in [-0.2, -0.15) is 0 Å². The molecule has 0 saturated heterocycles. The number of hydrogen-bond acceptors (Lipinski definition) is 3. The van der Waals surface area contributed by atoms with E-state index in [0.717, 1.165) is 38.5 Å². The van der Waals surface area contributed by atoms with E-state index in [0.29, 0.717) is 31.3 Å². The summed E-state index contributed by atoms with van der Waals surface area (Å²) >= 11 is 0. The van der Waals surface area contributed by atoms with Gasteiger partial charge in [0.15, 0.2) is 0 Å². The molecule has 0 spiro atoms.